The Morgan fingerprint density at radius 3 is 2.71 bits per heavy atom. The number of nitrogens with one attached hydrogen (secondary N) is 2. The van der Waals surface area contributed by atoms with E-state index in [9.17, 15) is 8.42 Å². The molecule has 0 unspecified atom stereocenters. The zero-order valence-corrected chi connectivity index (χ0v) is 20.1. The molecule has 0 bridgehead atoms. The summed E-state index contributed by atoms with van der Waals surface area (Å²) in [5.74, 6) is 0.805. The monoisotopic (exact) mass is 478 g/mol. The zero-order chi connectivity index (χ0) is 23.9. The maximum atomic E-state index is 13.2. The molecule has 3 aromatic rings. The molecule has 2 heterocycles. The fraction of sp³-hybridized carbons (Fsp3) is 0.346. The number of amidine groups is 1. The first kappa shape index (κ1) is 22.7. The van der Waals surface area contributed by atoms with Gasteiger partial charge in [-0.1, -0.05) is 24.3 Å². The molecule has 2 atom stereocenters. The maximum absolute atomic E-state index is 13.2. The van der Waals surface area contributed by atoms with E-state index in [1.54, 1.807) is 11.2 Å². The number of hydrogen-bond donors (Lipinski definition) is 3. The summed E-state index contributed by atoms with van der Waals surface area (Å²) in [6.07, 6.45) is 2.86. The molecule has 2 aliphatic rings. The lowest BCUT2D eigenvalue weighted by Crippen LogP contribution is -2.33. The molecule has 3 aromatic carbocycles. The van der Waals surface area contributed by atoms with Gasteiger partial charge in [0.15, 0.2) is 0 Å². The molecular weight excluding hydrogens is 448 g/mol. The molecule has 0 aromatic heterocycles. The first-order valence-electron chi connectivity index (χ1n) is 11.7. The highest BCUT2D eigenvalue weighted by atomic mass is 32.2. The molecule has 0 amide bonds. The summed E-state index contributed by atoms with van der Waals surface area (Å²) in [5.41, 5.74) is 8.93. The van der Waals surface area contributed by atoms with E-state index in [0.29, 0.717) is 24.6 Å². The van der Waals surface area contributed by atoms with Gasteiger partial charge in [0.05, 0.1) is 17.5 Å². The average Bonchev–Trinajstić information content (AvgIpc) is 3.49. The van der Waals surface area contributed by atoms with E-state index < -0.39 is 10.0 Å². The van der Waals surface area contributed by atoms with Crippen molar-refractivity contribution in [3.05, 3.63) is 71.3 Å². The van der Waals surface area contributed by atoms with Gasteiger partial charge in [0.25, 0.3) is 0 Å². The van der Waals surface area contributed by atoms with Crippen molar-refractivity contribution in [2.45, 2.75) is 38.3 Å². The first-order chi connectivity index (χ1) is 16.4. The van der Waals surface area contributed by atoms with Crippen LogP contribution in [0.1, 0.15) is 42.5 Å². The molecule has 7 nitrogen and oxygen atoms in total. The number of anilines is 1. The lowest BCUT2D eigenvalue weighted by Gasteiger charge is -2.27. The van der Waals surface area contributed by atoms with E-state index in [1.165, 1.54) is 6.42 Å². The Labute approximate surface area is 200 Å². The van der Waals surface area contributed by atoms with Gasteiger partial charge in [0.2, 0.25) is 10.0 Å². The van der Waals surface area contributed by atoms with Gasteiger partial charge >= 0.3 is 0 Å². The molecule has 0 spiro atoms. The van der Waals surface area contributed by atoms with Gasteiger partial charge in [-0.15, -0.1) is 0 Å². The van der Waals surface area contributed by atoms with Crippen LogP contribution >= 0.6 is 0 Å². The van der Waals surface area contributed by atoms with Crippen LogP contribution in [-0.2, 0) is 16.4 Å². The van der Waals surface area contributed by atoms with Crippen LogP contribution in [0, 0.1) is 5.41 Å². The highest BCUT2D eigenvalue weighted by Gasteiger charge is 2.38. The highest BCUT2D eigenvalue weighted by molar-refractivity contribution is 7.92. The largest absolute Gasteiger partial charge is 0.492 e. The van der Waals surface area contributed by atoms with E-state index in [4.69, 9.17) is 15.9 Å². The Morgan fingerprint density at radius 2 is 1.97 bits per heavy atom. The third-order valence-electron chi connectivity index (χ3n) is 6.82. The minimum absolute atomic E-state index is 0.0103. The van der Waals surface area contributed by atoms with Crippen LogP contribution < -0.4 is 20.1 Å². The van der Waals surface area contributed by atoms with E-state index >= 15 is 0 Å². The second-order valence-corrected chi connectivity index (χ2v) is 11.2. The highest BCUT2D eigenvalue weighted by Crippen LogP contribution is 2.44. The predicted molar refractivity (Wildman–Crippen MR) is 136 cm³/mol. The fourth-order valence-corrected chi connectivity index (χ4v) is 6.30. The second-order valence-electron chi connectivity index (χ2n) is 9.05. The number of nitrogens with two attached hydrogens (primary N) is 1. The van der Waals surface area contributed by atoms with Gasteiger partial charge in [-0.2, -0.15) is 0 Å². The number of nitrogens with zero attached hydrogens (tertiary/aromatic N) is 1. The van der Waals surface area contributed by atoms with Crippen molar-refractivity contribution in [3.63, 3.8) is 0 Å². The summed E-state index contributed by atoms with van der Waals surface area (Å²) in [4.78, 5) is 0. The lowest BCUT2D eigenvalue weighted by atomic mass is 9.98. The van der Waals surface area contributed by atoms with Crippen molar-refractivity contribution in [2.75, 3.05) is 23.2 Å². The first-order valence-corrected chi connectivity index (χ1v) is 13.4. The topological polar surface area (TPSA) is 109 Å². The summed E-state index contributed by atoms with van der Waals surface area (Å²) in [6, 6.07) is 17.4. The third kappa shape index (κ3) is 4.23. The molecule has 8 heteroatoms. The molecule has 4 N–H and O–H groups in total. The molecule has 0 radical (unpaired) electrons. The van der Waals surface area contributed by atoms with Gasteiger partial charge in [-0.05, 0) is 78.5 Å². The number of nitrogen functional groups attached to an aromatic ring is 1. The van der Waals surface area contributed by atoms with Crippen LogP contribution in [0.2, 0.25) is 0 Å². The average molecular weight is 479 g/mol. The number of hydrogen-bond acceptors (Lipinski definition) is 5. The van der Waals surface area contributed by atoms with Crippen molar-refractivity contribution in [3.8, 4) is 5.75 Å². The predicted octanol–water partition coefficient (Wildman–Crippen LogP) is 3.71. The van der Waals surface area contributed by atoms with Crippen molar-refractivity contribution in [1.29, 1.82) is 5.41 Å². The number of fused-ring (bicyclic) bond motifs is 2. The molecule has 1 saturated heterocycles. The van der Waals surface area contributed by atoms with Crippen molar-refractivity contribution < 1.29 is 13.2 Å². The van der Waals surface area contributed by atoms with Gasteiger partial charge in [0, 0.05) is 18.0 Å². The minimum atomic E-state index is -3.49. The third-order valence-corrected chi connectivity index (χ3v) is 8.60. The number of ether oxygens (including phenoxy) is 1. The zero-order valence-electron chi connectivity index (χ0n) is 19.3. The molecule has 1 fully saturated rings. The Bertz CT molecular complexity index is 1350. The Morgan fingerprint density at radius 1 is 1.15 bits per heavy atom. The summed E-state index contributed by atoms with van der Waals surface area (Å²) in [7, 11) is -3.49. The maximum Gasteiger partial charge on any atom is 0.235 e. The summed E-state index contributed by atoms with van der Waals surface area (Å²) in [5, 5.41) is 13.1. The fourth-order valence-electron chi connectivity index (χ4n) is 4.96. The smallest absolute Gasteiger partial charge is 0.235 e. The van der Waals surface area contributed by atoms with Crippen LogP contribution in [0.3, 0.4) is 0 Å². The van der Waals surface area contributed by atoms with Crippen LogP contribution in [0.4, 0.5) is 5.69 Å². The number of sulfonamides is 1. The summed E-state index contributed by atoms with van der Waals surface area (Å²) < 4.78 is 34.0. The van der Waals surface area contributed by atoms with Gasteiger partial charge < -0.3 is 15.8 Å². The number of benzene rings is 3. The molecule has 2 aliphatic heterocycles. The molecule has 0 saturated carbocycles. The Kier molecular flexibility index (Phi) is 5.95. The molecule has 5 rings (SSSR count). The summed E-state index contributed by atoms with van der Waals surface area (Å²) in [6.45, 7) is 3.32. The van der Waals surface area contributed by atoms with Crippen molar-refractivity contribution >= 4 is 32.3 Å². The van der Waals surface area contributed by atoms with Gasteiger partial charge in [-0.3, -0.25) is 9.71 Å². The SMILES string of the molecule is CCS(=O)(=O)N1c2ccc(OC[C@H]3CCCN3)cc2C[C@@H]1c1ccc2ccc(C(=N)N)cc2c1. The van der Waals surface area contributed by atoms with Crippen LogP contribution in [0.5, 0.6) is 5.75 Å². The Hall–Kier alpha value is -3.10. The van der Waals surface area contributed by atoms with Crippen molar-refractivity contribution in [2.24, 2.45) is 5.73 Å². The molecule has 34 heavy (non-hydrogen) atoms. The quantitative estimate of drug-likeness (QED) is 0.354. The normalized spacial score (nSPS) is 20.0. The van der Waals surface area contributed by atoms with E-state index in [1.807, 2.05) is 54.6 Å². The molecular formula is C26H30N4O3S. The Balaban J connectivity index is 1.49. The van der Waals surface area contributed by atoms with Crippen LogP contribution in [-0.4, -0.2) is 39.2 Å². The van der Waals surface area contributed by atoms with Crippen LogP contribution in [0.25, 0.3) is 10.8 Å². The molecule has 0 aliphatic carbocycles. The lowest BCUT2D eigenvalue weighted by molar-refractivity contribution is 0.277. The summed E-state index contributed by atoms with van der Waals surface area (Å²) >= 11 is 0. The van der Waals surface area contributed by atoms with E-state index in [0.717, 1.165) is 46.3 Å². The minimum Gasteiger partial charge on any atom is -0.492 e. The van der Waals surface area contributed by atoms with Gasteiger partial charge in [-0.25, -0.2) is 8.42 Å². The second kappa shape index (κ2) is 8.92. The van der Waals surface area contributed by atoms with E-state index in [2.05, 4.69) is 5.32 Å². The number of rotatable bonds is 7. The van der Waals surface area contributed by atoms with E-state index in [-0.39, 0.29) is 17.6 Å². The van der Waals surface area contributed by atoms with Crippen molar-refractivity contribution in [1.82, 2.24) is 5.32 Å². The van der Waals surface area contributed by atoms with Gasteiger partial charge in [0.1, 0.15) is 18.2 Å². The standard InChI is InChI=1S/C26H30N4O3S/c1-2-34(31,32)30-24-10-9-23(33-16-22-4-3-11-29-22)14-21(24)15-25(30)18-7-5-17-6-8-19(26(27)28)13-20(17)12-18/h5-10,12-14,22,25,29H,2-4,11,15-16H2,1H3,(H3,27,28)/t22-,25-/m1/s1. The van der Waals surface area contributed by atoms with Crippen LogP contribution in [0.15, 0.2) is 54.6 Å². The molecule has 178 valence electrons.